The molecule has 3 rings (SSSR count). The van der Waals surface area contributed by atoms with Gasteiger partial charge in [-0.3, -0.25) is 4.79 Å². The number of hydrogen-bond acceptors (Lipinski definition) is 5. The Labute approximate surface area is 153 Å². The summed E-state index contributed by atoms with van der Waals surface area (Å²) in [4.78, 5) is 11.9. The van der Waals surface area contributed by atoms with Crippen LogP contribution in [0.2, 0.25) is 0 Å². The zero-order valence-electron chi connectivity index (χ0n) is 14.3. The number of sulfone groups is 1. The van der Waals surface area contributed by atoms with Gasteiger partial charge in [0.25, 0.3) is 5.91 Å². The number of hydrogen-bond donors (Lipinski definition) is 1. The molecule has 1 aliphatic heterocycles. The van der Waals surface area contributed by atoms with Gasteiger partial charge in [-0.25, -0.2) is 8.42 Å². The third-order valence-electron chi connectivity index (χ3n) is 4.04. The molecule has 1 fully saturated rings. The van der Waals surface area contributed by atoms with E-state index in [4.69, 9.17) is 9.47 Å². The minimum atomic E-state index is -3.01. The van der Waals surface area contributed by atoms with Crippen molar-refractivity contribution >= 4 is 15.7 Å². The van der Waals surface area contributed by atoms with E-state index >= 15 is 0 Å². The van der Waals surface area contributed by atoms with Crippen LogP contribution in [0.25, 0.3) is 0 Å². The lowest BCUT2D eigenvalue weighted by atomic mass is 10.2. The van der Waals surface area contributed by atoms with Crippen molar-refractivity contribution in [1.82, 2.24) is 5.32 Å². The first-order valence-corrected chi connectivity index (χ1v) is 10.2. The predicted molar refractivity (Wildman–Crippen MR) is 97.9 cm³/mol. The Kier molecular flexibility index (Phi) is 5.78. The zero-order chi connectivity index (χ0) is 18.4. The zero-order valence-corrected chi connectivity index (χ0v) is 15.1. The molecule has 1 aliphatic rings. The maximum absolute atomic E-state index is 11.9. The SMILES string of the molecule is O=C(COc1ccc(OCc2ccccc2)cc1)N[C@H]1CCS(=O)(=O)C1. The number of nitrogens with one attached hydrogen (secondary N) is 1. The summed E-state index contributed by atoms with van der Waals surface area (Å²) in [6.07, 6.45) is 0.460. The molecule has 1 amide bonds. The van der Waals surface area contributed by atoms with Crippen LogP contribution in [0.15, 0.2) is 54.6 Å². The molecular formula is C19H21NO5S. The molecule has 0 aromatic heterocycles. The molecule has 0 unspecified atom stereocenters. The molecule has 1 saturated heterocycles. The van der Waals surface area contributed by atoms with Crippen molar-refractivity contribution in [3.05, 3.63) is 60.2 Å². The van der Waals surface area contributed by atoms with Gasteiger partial charge >= 0.3 is 0 Å². The summed E-state index contributed by atoms with van der Waals surface area (Å²) >= 11 is 0. The van der Waals surface area contributed by atoms with Gasteiger partial charge in [-0.2, -0.15) is 0 Å². The van der Waals surface area contributed by atoms with Crippen molar-refractivity contribution in [2.45, 2.75) is 19.1 Å². The highest BCUT2D eigenvalue weighted by Crippen LogP contribution is 2.19. The van der Waals surface area contributed by atoms with Crippen LogP contribution in [0.1, 0.15) is 12.0 Å². The van der Waals surface area contributed by atoms with Gasteiger partial charge in [0.2, 0.25) is 0 Å². The van der Waals surface area contributed by atoms with Crippen molar-refractivity contribution < 1.29 is 22.7 Å². The molecule has 1 heterocycles. The Hall–Kier alpha value is -2.54. The monoisotopic (exact) mass is 375 g/mol. The van der Waals surface area contributed by atoms with E-state index in [9.17, 15) is 13.2 Å². The maximum Gasteiger partial charge on any atom is 0.258 e. The fourth-order valence-electron chi connectivity index (χ4n) is 2.70. The second kappa shape index (κ2) is 8.23. The van der Waals surface area contributed by atoms with Crippen molar-refractivity contribution in [2.24, 2.45) is 0 Å². The largest absolute Gasteiger partial charge is 0.489 e. The van der Waals surface area contributed by atoms with E-state index in [-0.39, 0.29) is 30.1 Å². The molecule has 2 aromatic rings. The number of carbonyl (C=O) groups is 1. The third-order valence-corrected chi connectivity index (χ3v) is 5.81. The first-order valence-electron chi connectivity index (χ1n) is 8.39. The number of ether oxygens (including phenoxy) is 2. The Morgan fingerprint density at radius 3 is 2.27 bits per heavy atom. The Balaban J connectivity index is 1.42. The molecule has 7 heteroatoms. The van der Waals surface area contributed by atoms with E-state index in [0.29, 0.717) is 24.5 Å². The summed E-state index contributed by atoms with van der Waals surface area (Å²) < 4.78 is 33.9. The maximum atomic E-state index is 11.9. The number of benzene rings is 2. The fourth-order valence-corrected chi connectivity index (χ4v) is 4.37. The summed E-state index contributed by atoms with van der Waals surface area (Å²) in [5.41, 5.74) is 1.08. The van der Waals surface area contributed by atoms with E-state index in [1.807, 2.05) is 30.3 Å². The van der Waals surface area contributed by atoms with Gasteiger partial charge in [0.05, 0.1) is 11.5 Å². The Bertz CT molecular complexity index is 834. The molecule has 2 aromatic carbocycles. The summed E-state index contributed by atoms with van der Waals surface area (Å²) in [6, 6.07) is 16.6. The molecule has 138 valence electrons. The number of amides is 1. The topological polar surface area (TPSA) is 81.7 Å². The minimum absolute atomic E-state index is 0.00614. The van der Waals surface area contributed by atoms with Crippen LogP contribution in [-0.2, 0) is 21.2 Å². The first-order chi connectivity index (χ1) is 12.5. The van der Waals surface area contributed by atoms with Crippen LogP contribution >= 0.6 is 0 Å². The summed E-state index contributed by atoms with van der Waals surface area (Å²) in [5, 5.41) is 2.69. The van der Waals surface area contributed by atoms with E-state index in [1.165, 1.54) is 0 Å². The highest BCUT2D eigenvalue weighted by molar-refractivity contribution is 7.91. The fraction of sp³-hybridized carbons (Fsp3) is 0.316. The lowest BCUT2D eigenvalue weighted by Crippen LogP contribution is -2.38. The van der Waals surface area contributed by atoms with Gasteiger partial charge in [0.15, 0.2) is 16.4 Å². The minimum Gasteiger partial charge on any atom is -0.489 e. The molecular weight excluding hydrogens is 354 g/mol. The van der Waals surface area contributed by atoms with Crippen LogP contribution in [0.5, 0.6) is 11.5 Å². The standard InChI is InChI=1S/C19H21NO5S/c21-19(20-16-10-11-26(22,23)14-16)13-25-18-8-6-17(7-9-18)24-12-15-4-2-1-3-5-15/h1-9,16H,10-14H2,(H,20,21)/t16-/m0/s1. The normalized spacial score (nSPS) is 18.2. The lowest BCUT2D eigenvalue weighted by Gasteiger charge is -2.12. The summed E-state index contributed by atoms with van der Waals surface area (Å²) in [5.74, 6) is 1.07. The van der Waals surface area contributed by atoms with Crippen LogP contribution in [0, 0.1) is 0 Å². The molecule has 0 bridgehead atoms. The molecule has 1 atom stereocenters. The van der Waals surface area contributed by atoms with E-state index in [2.05, 4.69) is 5.32 Å². The predicted octanol–water partition coefficient (Wildman–Crippen LogP) is 1.95. The third kappa shape index (κ3) is 5.49. The molecule has 0 spiro atoms. The van der Waals surface area contributed by atoms with E-state index < -0.39 is 9.84 Å². The Morgan fingerprint density at radius 1 is 1.00 bits per heavy atom. The van der Waals surface area contributed by atoms with Crippen molar-refractivity contribution in [2.75, 3.05) is 18.1 Å². The van der Waals surface area contributed by atoms with Crippen molar-refractivity contribution in [3.8, 4) is 11.5 Å². The van der Waals surface area contributed by atoms with Gasteiger partial charge in [0, 0.05) is 6.04 Å². The van der Waals surface area contributed by atoms with Gasteiger partial charge in [-0.05, 0) is 36.2 Å². The number of rotatable bonds is 7. The second-order valence-electron chi connectivity index (χ2n) is 6.20. The highest BCUT2D eigenvalue weighted by atomic mass is 32.2. The first kappa shape index (κ1) is 18.3. The highest BCUT2D eigenvalue weighted by Gasteiger charge is 2.28. The van der Waals surface area contributed by atoms with Gasteiger partial charge in [0.1, 0.15) is 18.1 Å². The average molecular weight is 375 g/mol. The van der Waals surface area contributed by atoms with Gasteiger partial charge in [-0.15, -0.1) is 0 Å². The van der Waals surface area contributed by atoms with Crippen LogP contribution in [-0.4, -0.2) is 38.5 Å². The smallest absolute Gasteiger partial charge is 0.258 e. The summed E-state index contributed by atoms with van der Waals surface area (Å²) in [6.45, 7) is 0.328. The van der Waals surface area contributed by atoms with E-state index in [1.54, 1.807) is 24.3 Å². The molecule has 0 radical (unpaired) electrons. The molecule has 0 saturated carbocycles. The van der Waals surface area contributed by atoms with Crippen molar-refractivity contribution in [3.63, 3.8) is 0 Å². The van der Waals surface area contributed by atoms with Crippen molar-refractivity contribution in [1.29, 1.82) is 0 Å². The van der Waals surface area contributed by atoms with Crippen LogP contribution < -0.4 is 14.8 Å². The van der Waals surface area contributed by atoms with Gasteiger partial charge < -0.3 is 14.8 Å². The number of carbonyl (C=O) groups excluding carboxylic acids is 1. The Morgan fingerprint density at radius 2 is 1.65 bits per heavy atom. The molecule has 0 aliphatic carbocycles. The quantitative estimate of drug-likeness (QED) is 0.800. The molecule has 1 N–H and O–H groups in total. The second-order valence-corrected chi connectivity index (χ2v) is 8.43. The van der Waals surface area contributed by atoms with Crippen LogP contribution in [0.4, 0.5) is 0 Å². The average Bonchev–Trinajstić information content (AvgIpc) is 2.98. The lowest BCUT2D eigenvalue weighted by molar-refractivity contribution is -0.123. The van der Waals surface area contributed by atoms with Gasteiger partial charge in [-0.1, -0.05) is 30.3 Å². The molecule has 6 nitrogen and oxygen atoms in total. The molecule has 26 heavy (non-hydrogen) atoms. The van der Waals surface area contributed by atoms with E-state index in [0.717, 1.165) is 5.56 Å². The van der Waals surface area contributed by atoms with Crippen LogP contribution in [0.3, 0.4) is 0 Å². The summed E-state index contributed by atoms with van der Waals surface area (Å²) in [7, 11) is -3.01.